The molecule has 0 fully saturated rings. The van der Waals surface area contributed by atoms with Gasteiger partial charge in [-0.05, 0) is 101 Å². The van der Waals surface area contributed by atoms with Crippen LogP contribution < -0.4 is 5.32 Å². The summed E-state index contributed by atoms with van der Waals surface area (Å²) in [5.41, 5.74) is 4.34. The molecular formula is C25H32FN3O. The highest BCUT2D eigenvalue weighted by molar-refractivity contribution is 5.73. The predicted molar refractivity (Wildman–Crippen MR) is 121 cm³/mol. The highest BCUT2D eigenvalue weighted by Gasteiger charge is 2.22. The first-order valence-corrected chi connectivity index (χ1v) is 10.3. The van der Waals surface area contributed by atoms with E-state index in [1.54, 1.807) is 25.3 Å². The van der Waals surface area contributed by atoms with Crippen molar-refractivity contribution < 1.29 is 9.50 Å². The molecule has 0 aliphatic carbocycles. The second-order valence-electron chi connectivity index (χ2n) is 9.90. The first kappa shape index (κ1) is 22.2. The van der Waals surface area contributed by atoms with Gasteiger partial charge in [0.25, 0.3) is 0 Å². The third kappa shape index (κ3) is 4.97. The fourth-order valence-corrected chi connectivity index (χ4v) is 3.45. The highest BCUT2D eigenvalue weighted by Crippen LogP contribution is 2.33. The summed E-state index contributed by atoms with van der Waals surface area (Å²) >= 11 is 0. The average Bonchev–Trinajstić information content (AvgIpc) is 3.12. The van der Waals surface area contributed by atoms with Crippen LogP contribution in [0.25, 0.3) is 22.4 Å². The highest BCUT2D eigenvalue weighted by atomic mass is 19.1. The van der Waals surface area contributed by atoms with Crippen LogP contribution in [0.5, 0.6) is 0 Å². The molecular weight excluding hydrogens is 377 g/mol. The Morgan fingerprint density at radius 3 is 2.20 bits per heavy atom. The molecule has 0 saturated heterocycles. The Kier molecular flexibility index (Phi) is 5.89. The van der Waals surface area contributed by atoms with Crippen molar-refractivity contribution in [2.75, 3.05) is 0 Å². The van der Waals surface area contributed by atoms with E-state index < -0.39 is 6.23 Å². The smallest absolute Gasteiger partial charge is 0.131 e. The molecule has 1 aromatic heterocycles. The van der Waals surface area contributed by atoms with Crippen LogP contribution in [0.15, 0.2) is 48.7 Å². The van der Waals surface area contributed by atoms with Crippen LogP contribution in [0.1, 0.15) is 58.9 Å². The zero-order valence-electron chi connectivity index (χ0n) is 18.9. The van der Waals surface area contributed by atoms with Crippen molar-refractivity contribution in [1.29, 1.82) is 0 Å². The molecule has 3 aromatic rings. The Labute approximate surface area is 178 Å². The molecule has 5 heteroatoms. The molecule has 4 nitrogen and oxygen atoms in total. The number of nitrogens with one attached hydrogen (secondary N) is 1. The zero-order valence-corrected chi connectivity index (χ0v) is 18.9. The van der Waals surface area contributed by atoms with Gasteiger partial charge in [-0.25, -0.2) is 4.39 Å². The summed E-state index contributed by atoms with van der Waals surface area (Å²) in [5, 5.41) is 18.6. The molecule has 30 heavy (non-hydrogen) atoms. The van der Waals surface area contributed by atoms with Crippen LogP contribution in [0.3, 0.4) is 0 Å². The number of hydrogen-bond donors (Lipinski definition) is 2. The van der Waals surface area contributed by atoms with Gasteiger partial charge in [0.15, 0.2) is 0 Å². The number of aliphatic hydroxyl groups excluding tert-OH is 1. The van der Waals surface area contributed by atoms with Crippen molar-refractivity contribution in [3.63, 3.8) is 0 Å². The summed E-state index contributed by atoms with van der Waals surface area (Å²) < 4.78 is 16.2. The van der Waals surface area contributed by atoms with E-state index in [1.807, 2.05) is 55.8 Å². The van der Waals surface area contributed by atoms with E-state index in [2.05, 4.69) is 31.2 Å². The number of halogens is 1. The molecule has 2 aromatic carbocycles. The number of aromatic nitrogens is 2. The largest absolute Gasteiger partial charge is 0.374 e. The van der Waals surface area contributed by atoms with Crippen LogP contribution in [0, 0.1) is 12.7 Å². The monoisotopic (exact) mass is 409 g/mol. The van der Waals surface area contributed by atoms with Crippen molar-refractivity contribution in [2.45, 2.75) is 65.8 Å². The Balaban J connectivity index is 2.18. The van der Waals surface area contributed by atoms with Crippen LogP contribution in [0.4, 0.5) is 4.39 Å². The Hall–Kier alpha value is -2.50. The molecule has 0 spiro atoms. The van der Waals surface area contributed by atoms with Gasteiger partial charge in [0.2, 0.25) is 0 Å². The average molecular weight is 410 g/mol. The Bertz CT molecular complexity index is 1040. The summed E-state index contributed by atoms with van der Waals surface area (Å²) in [7, 11) is 0. The van der Waals surface area contributed by atoms with Gasteiger partial charge in [0, 0.05) is 17.3 Å². The van der Waals surface area contributed by atoms with Crippen molar-refractivity contribution in [3.8, 4) is 22.4 Å². The predicted octanol–water partition coefficient (Wildman–Crippen LogP) is 5.80. The standard InChI is InChI=1S/C25H32FN3O/c1-16-8-9-17(15-21(16)26)18-12-19(22-10-11-27-29(22)25(5,6)7)14-20(13-18)23(30)28-24(2,3)4/h8-15,23,28,30H,1-7H3. The topological polar surface area (TPSA) is 50.1 Å². The number of aliphatic hydroxyl groups is 1. The van der Waals surface area contributed by atoms with E-state index in [0.29, 0.717) is 5.56 Å². The lowest BCUT2D eigenvalue weighted by Gasteiger charge is -2.26. The molecule has 1 heterocycles. The van der Waals surface area contributed by atoms with Gasteiger partial charge in [0.1, 0.15) is 12.0 Å². The van der Waals surface area contributed by atoms with Crippen LogP contribution in [-0.4, -0.2) is 20.4 Å². The lowest BCUT2D eigenvalue weighted by Crippen LogP contribution is -2.38. The van der Waals surface area contributed by atoms with Crippen LogP contribution in [-0.2, 0) is 5.54 Å². The molecule has 0 aliphatic rings. The van der Waals surface area contributed by atoms with Gasteiger partial charge in [0.05, 0.1) is 11.2 Å². The third-order valence-corrected chi connectivity index (χ3v) is 4.92. The summed E-state index contributed by atoms with van der Waals surface area (Å²) in [6.45, 7) is 14.1. The number of hydrogen-bond acceptors (Lipinski definition) is 3. The maximum Gasteiger partial charge on any atom is 0.131 e. The molecule has 0 bridgehead atoms. The molecule has 0 radical (unpaired) electrons. The molecule has 0 aliphatic heterocycles. The van der Waals surface area contributed by atoms with Gasteiger partial charge in [-0.2, -0.15) is 5.10 Å². The van der Waals surface area contributed by atoms with Crippen molar-refractivity contribution in [2.24, 2.45) is 0 Å². The van der Waals surface area contributed by atoms with Crippen molar-refractivity contribution in [3.05, 3.63) is 65.6 Å². The zero-order chi connectivity index (χ0) is 22.3. The van der Waals surface area contributed by atoms with Gasteiger partial charge < -0.3 is 5.11 Å². The molecule has 1 atom stereocenters. The van der Waals surface area contributed by atoms with Crippen molar-refractivity contribution in [1.82, 2.24) is 15.1 Å². The molecule has 1 unspecified atom stereocenters. The van der Waals surface area contributed by atoms with E-state index in [1.165, 1.54) is 0 Å². The number of aryl methyl sites for hydroxylation is 1. The first-order valence-electron chi connectivity index (χ1n) is 10.3. The van der Waals surface area contributed by atoms with Gasteiger partial charge in [-0.3, -0.25) is 10.00 Å². The minimum atomic E-state index is -0.856. The lowest BCUT2D eigenvalue weighted by molar-refractivity contribution is 0.107. The van der Waals surface area contributed by atoms with Crippen molar-refractivity contribution >= 4 is 0 Å². The second kappa shape index (κ2) is 7.97. The molecule has 160 valence electrons. The minimum absolute atomic E-state index is 0.201. The van der Waals surface area contributed by atoms with E-state index in [-0.39, 0.29) is 16.9 Å². The maximum atomic E-state index is 14.3. The summed E-state index contributed by atoms with van der Waals surface area (Å²) in [6.07, 6.45) is 0.924. The van der Waals surface area contributed by atoms with Gasteiger partial charge >= 0.3 is 0 Å². The third-order valence-electron chi connectivity index (χ3n) is 4.92. The maximum absolute atomic E-state index is 14.3. The SMILES string of the molecule is Cc1ccc(-c2cc(-c3ccnn3C(C)(C)C)cc(C(O)NC(C)(C)C)c2)cc1F. The number of rotatable bonds is 4. The van der Waals surface area contributed by atoms with E-state index in [4.69, 9.17) is 0 Å². The van der Waals surface area contributed by atoms with E-state index in [0.717, 1.165) is 27.9 Å². The molecule has 0 saturated carbocycles. The Morgan fingerprint density at radius 2 is 1.60 bits per heavy atom. The fourth-order valence-electron chi connectivity index (χ4n) is 3.45. The molecule has 0 amide bonds. The number of benzene rings is 2. The van der Waals surface area contributed by atoms with Crippen LogP contribution in [0.2, 0.25) is 0 Å². The molecule has 3 rings (SSSR count). The van der Waals surface area contributed by atoms with Gasteiger partial charge in [-0.15, -0.1) is 0 Å². The second-order valence-corrected chi connectivity index (χ2v) is 9.90. The lowest BCUT2D eigenvalue weighted by atomic mass is 9.95. The summed E-state index contributed by atoms with van der Waals surface area (Å²) in [5.74, 6) is -0.243. The summed E-state index contributed by atoms with van der Waals surface area (Å²) in [6, 6.07) is 13.1. The van der Waals surface area contributed by atoms with E-state index >= 15 is 0 Å². The number of nitrogens with zero attached hydrogens (tertiary/aromatic N) is 2. The molecule has 2 N–H and O–H groups in total. The minimum Gasteiger partial charge on any atom is -0.374 e. The first-order chi connectivity index (χ1) is 13.8. The Morgan fingerprint density at radius 1 is 0.933 bits per heavy atom. The fraction of sp³-hybridized carbons (Fsp3) is 0.400. The van der Waals surface area contributed by atoms with Crippen LogP contribution >= 0.6 is 0 Å². The quantitative estimate of drug-likeness (QED) is 0.536. The summed E-state index contributed by atoms with van der Waals surface area (Å²) in [4.78, 5) is 0. The van der Waals surface area contributed by atoms with E-state index in [9.17, 15) is 9.50 Å². The van der Waals surface area contributed by atoms with Gasteiger partial charge in [-0.1, -0.05) is 12.1 Å². The normalized spacial score (nSPS) is 13.5.